The number of hydrogen-bond acceptors (Lipinski definition) is 4. The number of rotatable bonds is 5. The number of sulfonamides is 1. The van der Waals surface area contributed by atoms with Crippen LogP contribution in [0.15, 0.2) is 29.2 Å². The van der Waals surface area contributed by atoms with Crippen molar-refractivity contribution >= 4 is 15.9 Å². The van der Waals surface area contributed by atoms with Crippen molar-refractivity contribution in [1.82, 2.24) is 9.62 Å². The van der Waals surface area contributed by atoms with Crippen LogP contribution in [0.5, 0.6) is 0 Å². The Hall–Kier alpha value is -1.44. The molecule has 1 aromatic carbocycles. The monoisotopic (exact) mass is 311 g/mol. The van der Waals surface area contributed by atoms with Crippen molar-refractivity contribution in [2.24, 2.45) is 5.73 Å². The van der Waals surface area contributed by atoms with Crippen molar-refractivity contribution in [3.05, 3.63) is 29.8 Å². The Bertz CT molecular complexity index is 592. The van der Waals surface area contributed by atoms with Gasteiger partial charge in [-0.1, -0.05) is 12.1 Å². The summed E-state index contributed by atoms with van der Waals surface area (Å²) < 4.78 is 26.9. The zero-order valence-corrected chi connectivity index (χ0v) is 12.9. The molecule has 0 saturated carbocycles. The van der Waals surface area contributed by atoms with Crippen LogP contribution in [0.1, 0.15) is 25.3 Å². The van der Waals surface area contributed by atoms with Gasteiger partial charge >= 0.3 is 0 Å². The smallest absolute Gasteiger partial charge is 0.241 e. The lowest BCUT2D eigenvalue weighted by atomic mass is 10.2. The van der Waals surface area contributed by atoms with E-state index in [9.17, 15) is 13.2 Å². The summed E-state index contributed by atoms with van der Waals surface area (Å²) in [5.41, 5.74) is 6.34. The highest BCUT2D eigenvalue weighted by Crippen LogP contribution is 2.13. The third-order valence-corrected chi connectivity index (χ3v) is 5.15. The maximum atomic E-state index is 12.2. The van der Waals surface area contributed by atoms with Crippen LogP contribution in [0.2, 0.25) is 0 Å². The molecule has 1 heterocycles. The summed E-state index contributed by atoms with van der Waals surface area (Å²) in [6.45, 7) is 3.34. The highest BCUT2D eigenvalue weighted by atomic mass is 32.2. The van der Waals surface area contributed by atoms with Crippen LogP contribution in [0.25, 0.3) is 0 Å². The Morgan fingerprint density at radius 2 is 1.86 bits per heavy atom. The van der Waals surface area contributed by atoms with Crippen molar-refractivity contribution in [3.63, 3.8) is 0 Å². The van der Waals surface area contributed by atoms with Crippen molar-refractivity contribution in [3.8, 4) is 0 Å². The van der Waals surface area contributed by atoms with Crippen LogP contribution in [-0.2, 0) is 21.4 Å². The minimum atomic E-state index is -3.70. The summed E-state index contributed by atoms with van der Waals surface area (Å²) in [5, 5.41) is 0. The Balaban J connectivity index is 2.06. The number of nitrogens with two attached hydrogens (primary N) is 1. The SMILES string of the molecule is CC(NS(=O)(=O)c1ccc(CN)cc1)C(=O)N1CCCC1. The van der Waals surface area contributed by atoms with E-state index in [-0.39, 0.29) is 10.8 Å². The number of amides is 1. The van der Waals surface area contributed by atoms with Crippen LogP contribution in [0.4, 0.5) is 0 Å². The van der Waals surface area contributed by atoms with Gasteiger partial charge in [0, 0.05) is 19.6 Å². The van der Waals surface area contributed by atoms with Gasteiger partial charge in [-0.25, -0.2) is 8.42 Å². The third kappa shape index (κ3) is 3.81. The first-order valence-electron chi connectivity index (χ1n) is 7.04. The van der Waals surface area contributed by atoms with Crippen molar-refractivity contribution in [1.29, 1.82) is 0 Å². The van der Waals surface area contributed by atoms with Gasteiger partial charge in [0.25, 0.3) is 0 Å². The molecule has 0 aliphatic carbocycles. The molecule has 2 rings (SSSR count). The first-order chi connectivity index (χ1) is 9.94. The molecule has 0 aromatic heterocycles. The Labute approximate surface area is 125 Å². The summed E-state index contributed by atoms with van der Waals surface area (Å²) in [5.74, 6) is -0.172. The van der Waals surface area contributed by atoms with Gasteiger partial charge in [-0.05, 0) is 37.5 Å². The highest BCUT2D eigenvalue weighted by Gasteiger charge is 2.27. The van der Waals surface area contributed by atoms with Crippen LogP contribution in [-0.4, -0.2) is 38.4 Å². The Kier molecular flexibility index (Phi) is 4.97. The maximum Gasteiger partial charge on any atom is 0.241 e. The summed E-state index contributed by atoms with van der Waals surface area (Å²) in [6.07, 6.45) is 1.96. The van der Waals surface area contributed by atoms with Gasteiger partial charge in [-0.15, -0.1) is 0 Å². The molecule has 1 saturated heterocycles. The fraction of sp³-hybridized carbons (Fsp3) is 0.500. The quantitative estimate of drug-likeness (QED) is 0.825. The zero-order chi connectivity index (χ0) is 15.5. The summed E-state index contributed by atoms with van der Waals surface area (Å²) >= 11 is 0. The zero-order valence-electron chi connectivity index (χ0n) is 12.1. The van der Waals surface area contributed by atoms with Crippen LogP contribution in [0, 0.1) is 0 Å². The summed E-state index contributed by atoms with van der Waals surface area (Å²) in [4.78, 5) is 14.0. The van der Waals surface area contributed by atoms with E-state index < -0.39 is 16.1 Å². The number of hydrogen-bond donors (Lipinski definition) is 2. The molecule has 7 heteroatoms. The van der Waals surface area contributed by atoms with Gasteiger partial charge in [-0.3, -0.25) is 4.79 Å². The van der Waals surface area contributed by atoms with Crippen LogP contribution >= 0.6 is 0 Å². The Morgan fingerprint density at radius 3 is 2.38 bits per heavy atom. The number of likely N-dealkylation sites (tertiary alicyclic amines) is 1. The number of carbonyl (C=O) groups is 1. The molecule has 6 nitrogen and oxygen atoms in total. The van der Waals surface area contributed by atoms with Gasteiger partial charge in [-0.2, -0.15) is 4.72 Å². The predicted octanol–water partition coefficient (Wildman–Crippen LogP) is 0.435. The van der Waals surface area contributed by atoms with E-state index in [2.05, 4.69) is 4.72 Å². The molecule has 1 fully saturated rings. The molecule has 1 aliphatic heterocycles. The van der Waals surface area contributed by atoms with Gasteiger partial charge in [0.05, 0.1) is 10.9 Å². The lowest BCUT2D eigenvalue weighted by molar-refractivity contribution is -0.131. The summed E-state index contributed by atoms with van der Waals surface area (Å²) in [7, 11) is -3.70. The molecule has 3 N–H and O–H groups in total. The second kappa shape index (κ2) is 6.55. The Morgan fingerprint density at radius 1 is 1.29 bits per heavy atom. The number of nitrogens with one attached hydrogen (secondary N) is 1. The van der Waals surface area contributed by atoms with E-state index >= 15 is 0 Å². The largest absolute Gasteiger partial charge is 0.341 e. The molecule has 0 spiro atoms. The molecule has 0 bridgehead atoms. The van der Waals surface area contributed by atoms with Gasteiger partial charge in [0.15, 0.2) is 0 Å². The van der Waals surface area contributed by atoms with E-state index in [1.165, 1.54) is 12.1 Å². The fourth-order valence-electron chi connectivity index (χ4n) is 2.37. The average Bonchev–Trinajstić information content (AvgIpc) is 3.00. The molecule has 0 radical (unpaired) electrons. The fourth-order valence-corrected chi connectivity index (χ4v) is 3.56. The predicted molar refractivity (Wildman–Crippen MR) is 79.9 cm³/mol. The molecule has 21 heavy (non-hydrogen) atoms. The van der Waals surface area contributed by atoms with E-state index in [4.69, 9.17) is 5.73 Å². The third-order valence-electron chi connectivity index (χ3n) is 3.59. The van der Waals surface area contributed by atoms with Crippen molar-refractivity contribution < 1.29 is 13.2 Å². The molecule has 1 unspecified atom stereocenters. The van der Waals surface area contributed by atoms with Crippen LogP contribution < -0.4 is 10.5 Å². The first-order valence-corrected chi connectivity index (χ1v) is 8.52. The second-order valence-corrected chi connectivity index (χ2v) is 6.94. The molecule has 1 aromatic rings. The second-order valence-electron chi connectivity index (χ2n) is 5.22. The standard InChI is InChI=1S/C14H21N3O3S/c1-11(14(18)17-8-2-3-9-17)16-21(19,20)13-6-4-12(10-15)5-7-13/h4-7,11,16H,2-3,8-10,15H2,1H3. The van der Waals surface area contributed by atoms with Crippen molar-refractivity contribution in [2.45, 2.75) is 37.2 Å². The van der Waals surface area contributed by atoms with Gasteiger partial charge in [0.1, 0.15) is 0 Å². The van der Waals surface area contributed by atoms with Gasteiger partial charge < -0.3 is 10.6 Å². The number of benzene rings is 1. The lowest BCUT2D eigenvalue weighted by Crippen LogP contribution is -2.45. The van der Waals surface area contributed by atoms with E-state index in [0.29, 0.717) is 19.6 Å². The number of carbonyl (C=O) groups excluding carboxylic acids is 1. The summed E-state index contributed by atoms with van der Waals surface area (Å²) in [6, 6.07) is 5.57. The van der Waals surface area contributed by atoms with Crippen LogP contribution in [0.3, 0.4) is 0 Å². The van der Waals surface area contributed by atoms with E-state index in [0.717, 1.165) is 18.4 Å². The first kappa shape index (κ1) is 15.9. The lowest BCUT2D eigenvalue weighted by Gasteiger charge is -2.21. The minimum absolute atomic E-state index is 0.140. The molecule has 1 aliphatic rings. The highest BCUT2D eigenvalue weighted by molar-refractivity contribution is 7.89. The normalized spacial score (nSPS) is 17.0. The van der Waals surface area contributed by atoms with Crippen molar-refractivity contribution in [2.75, 3.05) is 13.1 Å². The molecular formula is C14H21N3O3S. The molecule has 1 amide bonds. The van der Waals surface area contributed by atoms with Gasteiger partial charge in [0.2, 0.25) is 15.9 Å². The average molecular weight is 311 g/mol. The topological polar surface area (TPSA) is 92.5 Å². The number of nitrogens with zero attached hydrogens (tertiary/aromatic N) is 1. The van der Waals surface area contributed by atoms with E-state index in [1.54, 1.807) is 24.0 Å². The molecular weight excluding hydrogens is 290 g/mol. The van der Waals surface area contributed by atoms with E-state index in [1.807, 2.05) is 0 Å². The molecule has 116 valence electrons. The minimum Gasteiger partial charge on any atom is -0.341 e. The molecule has 1 atom stereocenters. The maximum absolute atomic E-state index is 12.2.